The third-order valence-corrected chi connectivity index (χ3v) is 3.50. The number of benzene rings is 1. The van der Waals surface area contributed by atoms with Crippen molar-refractivity contribution in [3.63, 3.8) is 0 Å². The maximum Gasteiger partial charge on any atom is 0.105 e. The van der Waals surface area contributed by atoms with E-state index in [-0.39, 0.29) is 0 Å². The van der Waals surface area contributed by atoms with Gasteiger partial charge in [-0.15, -0.1) is 0 Å². The SMILES string of the molecule is CC(C)c1cc2c(c(C(C)C)c1C(C)C)N=C=N2. The molecule has 0 unspecified atom stereocenters. The lowest BCUT2D eigenvalue weighted by atomic mass is 9.82. The van der Waals surface area contributed by atoms with E-state index in [1.54, 1.807) is 0 Å². The van der Waals surface area contributed by atoms with E-state index in [9.17, 15) is 0 Å². The lowest BCUT2D eigenvalue weighted by Crippen LogP contribution is -2.05. The maximum atomic E-state index is 4.35. The van der Waals surface area contributed by atoms with Gasteiger partial charge in [0.1, 0.15) is 17.4 Å². The molecule has 2 rings (SSSR count). The molecule has 18 heavy (non-hydrogen) atoms. The van der Waals surface area contributed by atoms with Crippen LogP contribution in [0.3, 0.4) is 0 Å². The second-order valence-corrected chi connectivity index (χ2v) is 5.95. The van der Waals surface area contributed by atoms with Crippen LogP contribution in [0.1, 0.15) is 76.0 Å². The van der Waals surface area contributed by atoms with Crippen molar-refractivity contribution >= 4 is 17.4 Å². The predicted octanol–water partition coefficient (Wildman–Crippen LogP) is 5.51. The summed E-state index contributed by atoms with van der Waals surface area (Å²) in [5.41, 5.74) is 6.27. The Kier molecular flexibility index (Phi) is 3.41. The van der Waals surface area contributed by atoms with E-state index in [1.807, 2.05) is 0 Å². The van der Waals surface area contributed by atoms with Gasteiger partial charge in [0, 0.05) is 0 Å². The Morgan fingerprint density at radius 3 is 1.94 bits per heavy atom. The normalized spacial score (nSPS) is 13.2. The van der Waals surface area contributed by atoms with Crippen LogP contribution in [0.4, 0.5) is 11.4 Å². The van der Waals surface area contributed by atoms with Crippen LogP contribution in [0.5, 0.6) is 0 Å². The van der Waals surface area contributed by atoms with E-state index >= 15 is 0 Å². The van der Waals surface area contributed by atoms with Crippen LogP contribution in [0.15, 0.2) is 16.1 Å². The van der Waals surface area contributed by atoms with Crippen molar-refractivity contribution in [1.29, 1.82) is 0 Å². The first-order valence-electron chi connectivity index (χ1n) is 6.80. The third-order valence-electron chi connectivity index (χ3n) is 3.50. The van der Waals surface area contributed by atoms with Crippen LogP contribution in [0.2, 0.25) is 0 Å². The molecule has 0 atom stereocenters. The van der Waals surface area contributed by atoms with Gasteiger partial charge in [0.05, 0.1) is 0 Å². The van der Waals surface area contributed by atoms with Crippen molar-refractivity contribution in [1.82, 2.24) is 0 Å². The lowest BCUT2D eigenvalue weighted by Gasteiger charge is -2.24. The summed E-state index contributed by atoms with van der Waals surface area (Å²) in [4.78, 5) is 8.62. The summed E-state index contributed by atoms with van der Waals surface area (Å²) in [6, 6.07) is 4.96. The second kappa shape index (κ2) is 4.70. The fraction of sp³-hybridized carbons (Fsp3) is 0.562. The first kappa shape index (κ1) is 13.0. The van der Waals surface area contributed by atoms with Gasteiger partial charge in [0.25, 0.3) is 0 Å². The van der Waals surface area contributed by atoms with Gasteiger partial charge in [0.15, 0.2) is 0 Å². The van der Waals surface area contributed by atoms with Crippen LogP contribution in [-0.2, 0) is 0 Å². The van der Waals surface area contributed by atoms with Gasteiger partial charge in [-0.3, -0.25) is 0 Å². The number of rotatable bonds is 3. The number of hydrogen-bond donors (Lipinski definition) is 0. The van der Waals surface area contributed by atoms with Gasteiger partial charge in [-0.25, -0.2) is 0 Å². The average molecular weight is 242 g/mol. The molecule has 0 bridgehead atoms. The molecule has 0 aromatic heterocycles. The molecule has 0 N–H and O–H groups in total. The Morgan fingerprint density at radius 1 is 0.833 bits per heavy atom. The molecule has 2 nitrogen and oxygen atoms in total. The predicted molar refractivity (Wildman–Crippen MR) is 77.9 cm³/mol. The molecule has 0 radical (unpaired) electrons. The standard InChI is InChI=1S/C16H22N2/c1-9(2)12-7-13-16(18-8-17-13)15(11(5)6)14(12)10(3)4/h7,9-11H,1-6H3. The molecule has 0 saturated carbocycles. The zero-order valence-electron chi connectivity index (χ0n) is 12.2. The van der Waals surface area contributed by atoms with E-state index in [1.165, 1.54) is 16.7 Å². The first-order valence-corrected chi connectivity index (χ1v) is 6.80. The van der Waals surface area contributed by atoms with Gasteiger partial charge in [-0.2, -0.15) is 9.98 Å². The van der Waals surface area contributed by atoms with E-state index in [0.717, 1.165) is 11.4 Å². The van der Waals surface area contributed by atoms with Crippen molar-refractivity contribution < 1.29 is 0 Å². The fourth-order valence-electron chi connectivity index (χ4n) is 2.75. The quantitative estimate of drug-likeness (QED) is 0.678. The van der Waals surface area contributed by atoms with Crippen molar-refractivity contribution in [3.05, 3.63) is 22.8 Å². The monoisotopic (exact) mass is 242 g/mol. The molecule has 1 heterocycles. The first-order chi connectivity index (χ1) is 8.43. The zero-order valence-corrected chi connectivity index (χ0v) is 12.2. The van der Waals surface area contributed by atoms with E-state index < -0.39 is 0 Å². The summed E-state index contributed by atoms with van der Waals surface area (Å²) in [6.45, 7) is 13.5. The van der Waals surface area contributed by atoms with E-state index in [2.05, 4.69) is 63.6 Å². The summed E-state index contributed by atoms with van der Waals surface area (Å²) in [6.07, 6.45) is 0. The van der Waals surface area contributed by atoms with Gasteiger partial charge in [-0.05, 0) is 40.5 Å². The molecule has 96 valence electrons. The summed E-state index contributed by atoms with van der Waals surface area (Å²) in [5, 5.41) is 0. The van der Waals surface area contributed by atoms with Gasteiger partial charge >= 0.3 is 0 Å². The number of aliphatic imine (C=N–C) groups is 2. The average Bonchev–Trinajstić information content (AvgIpc) is 2.72. The zero-order chi connectivity index (χ0) is 13.4. The summed E-state index contributed by atoms with van der Waals surface area (Å²) < 4.78 is 0. The Morgan fingerprint density at radius 2 is 1.44 bits per heavy atom. The molecule has 0 aliphatic carbocycles. The van der Waals surface area contributed by atoms with Gasteiger partial charge in [-0.1, -0.05) is 41.5 Å². The third kappa shape index (κ3) is 2.02. The molecular weight excluding hydrogens is 220 g/mol. The minimum Gasteiger partial charge on any atom is -0.185 e. The highest BCUT2D eigenvalue weighted by atomic mass is 14.9. The molecule has 2 heteroatoms. The van der Waals surface area contributed by atoms with E-state index in [0.29, 0.717) is 17.8 Å². The van der Waals surface area contributed by atoms with Crippen LogP contribution >= 0.6 is 0 Å². The molecule has 1 aliphatic rings. The van der Waals surface area contributed by atoms with Crippen molar-refractivity contribution in [2.75, 3.05) is 0 Å². The summed E-state index contributed by atoms with van der Waals surface area (Å²) in [5.74, 6) is 1.50. The molecule has 0 fully saturated rings. The molecule has 0 spiro atoms. The minimum atomic E-state index is 0.466. The second-order valence-electron chi connectivity index (χ2n) is 5.95. The highest BCUT2D eigenvalue weighted by Crippen LogP contribution is 2.46. The Bertz CT molecular complexity index is 531. The van der Waals surface area contributed by atoms with Crippen LogP contribution in [0.25, 0.3) is 0 Å². The minimum absolute atomic E-state index is 0.466. The van der Waals surface area contributed by atoms with Crippen LogP contribution < -0.4 is 0 Å². The molecule has 1 aromatic rings. The largest absolute Gasteiger partial charge is 0.185 e. The van der Waals surface area contributed by atoms with Crippen molar-refractivity contribution in [2.45, 2.75) is 59.3 Å². The van der Waals surface area contributed by atoms with E-state index in [4.69, 9.17) is 0 Å². The summed E-state index contributed by atoms with van der Waals surface area (Å²) >= 11 is 0. The molecule has 0 amide bonds. The van der Waals surface area contributed by atoms with Gasteiger partial charge in [0.2, 0.25) is 0 Å². The maximum absolute atomic E-state index is 4.35. The molecule has 1 aromatic carbocycles. The van der Waals surface area contributed by atoms with Crippen LogP contribution in [0, 0.1) is 0 Å². The Hall–Kier alpha value is -1.40. The van der Waals surface area contributed by atoms with Crippen molar-refractivity contribution in [2.24, 2.45) is 9.98 Å². The lowest BCUT2D eigenvalue weighted by molar-refractivity contribution is 0.750. The highest BCUT2D eigenvalue weighted by molar-refractivity contribution is 5.80. The van der Waals surface area contributed by atoms with Crippen LogP contribution in [-0.4, -0.2) is 6.01 Å². The number of hydrogen-bond acceptors (Lipinski definition) is 2. The number of nitrogens with zero attached hydrogens (tertiary/aromatic N) is 2. The molecule has 0 saturated heterocycles. The fourth-order valence-corrected chi connectivity index (χ4v) is 2.75. The Labute approximate surface area is 110 Å². The molecule has 1 aliphatic heterocycles. The smallest absolute Gasteiger partial charge is 0.105 e. The topological polar surface area (TPSA) is 24.7 Å². The van der Waals surface area contributed by atoms with Gasteiger partial charge < -0.3 is 0 Å². The Balaban J connectivity index is 2.79. The van der Waals surface area contributed by atoms with Crippen molar-refractivity contribution in [3.8, 4) is 0 Å². The highest BCUT2D eigenvalue weighted by Gasteiger charge is 2.24. The molecular formula is C16H22N2. The summed E-state index contributed by atoms with van der Waals surface area (Å²) in [7, 11) is 0. The number of fused-ring (bicyclic) bond motifs is 1.